The Hall–Kier alpha value is -1.98. The molecular weight excluding hydrogens is 364 g/mol. The lowest BCUT2D eigenvalue weighted by Crippen LogP contribution is -2.52. The Morgan fingerprint density at radius 1 is 1.24 bits per heavy atom. The molecule has 2 rings (SSSR count). The van der Waals surface area contributed by atoms with Crippen LogP contribution < -0.4 is 5.32 Å². The van der Waals surface area contributed by atoms with Gasteiger partial charge in [0.05, 0.1) is 6.54 Å². The molecule has 1 saturated carbocycles. The molecule has 1 N–H and O–H groups in total. The maximum Gasteiger partial charge on any atom is 0.318 e. The third-order valence-electron chi connectivity index (χ3n) is 6.16. The van der Waals surface area contributed by atoms with Crippen LogP contribution >= 0.6 is 0 Å². The fourth-order valence-corrected chi connectivity index (χ4v) is 3.90. The number of nitrogens with zero attached hydrogens (tertiary/aromatic N) is 3. The number of aromatic nitrogens is 1. The number of aryl methyl sites for hydroxylation is 1. The lowest BCUT2D eigenvalue weighted by Gasteiger charge is -2.33. The number of unbranched alkanes of at least 4 members (excludes halogenated alkanes) is 1. The topological polar surface area (TPSA) is 57.6 Å². The maximum absolute atomic E-state index is 13.2. The predicted octanol–water partition coefficient (Wildman–Crippen LogP) is 4.30. The number of carbonyl (C=O) groups is 2. The van der Waals surface area contributed by atoms with Crippen LogP contribution in [-0.4, -0.2) is 51.5 Å². The Bertz CT molecular complexity index is 637. The first-order chi connectivity index (χ1) is 14.0. The Morgan fingerprint density at radius 3 is 2.55 bits per heavy atom. The first kappa shape index (κ1) is 23.3. The van der Waals surface area contributed by atoms with E-state index in [0.717, 1.165) is 44.3 Å². The van der Waals surface area contributed by atoms with Gasteiger partial charge in [-0.1, -0.05) is 39.5 Å². The van der Waals surface area contributed by atoms with E-state index in [-0.39, 0.29) is 30.6 Å². The molecule has 0 aliphatic heterocycles. The van der Waals surface area contributed by atoms with Gasteiger partial charge >= 0.3 is 6.03 Å². The molecule has 1 aliphatic carbocycles. The molecule has 1 aromatic rings. The fourth-order valence-electron chi connectivity index (χ4n) is 3.90. The molecule has 6 nitrogen and oxygen atoms in total. The molecule has 3 amide bonds. The van der Waals surface area contributed by atoms with Crippen molar-refractivity contribution in [2.24, 2.45) is 7.05 Å². The number of rotatable bonds is 10. The van der Waals surface area contributed by atoms with E-state index in [2.05, 4.69) is 29.8 Å². The van der Waals surface area contributed by atoms with Crippen molar-refractivity contribution in [3.8, 4) is 0 Å². The maximum atomic E-state index is 13.2. The fraction of sp³-hybridized carbons (Fsp3) is 0.739. The summed E-state index contributed by atoms with van der Waals surface area (Å²) in [6, 6.07) is 4.24. The highest BCUT2D eigenvalue weighted by molar-refractivity contribution is 5.84. The van der Waals surface area contributed by atoms with E-state index < -0.39 is 0 Å². The van der Waals surface area contributed by atoms with Crippen LogP contribution in [0.25, 0.3) is 0 Å². The van der Waals surface area contributed by atoms with E-state index in [1.807, 2.05) is 31.1 Å². The smallest absolute Gasteiger partial charge is 0.318 e. The summed E-state index contributed by atoms with van der Waals surface area (Å²) in [5, 5.41) is 3.19. The molecule has 1 aliphatic rings. The van der Waals surface area contributed by atoms with Crippen LogP contribution in [0.1, 0.15) is 77.8 Å². The first-order valence-electron chi connectivity index (χ1n) is 11.4. The Labute approximate surface area is 176 Å². The second-order valence-corrected chi connectivity index (χ2v) is 8.45. The number of carbonyl (C=O) groups excluding carboxylic acids is 2. The number of urea groups is 1. The second kappa shape index (κ2) is 11.9. The molecular formula is C23H40N4O2. The SMILES string of the molecule is CCCCN(Cc1cccn1C)C(=O)CN(C(=O)NC1CCCCC1)[C@H](C)CC. The van der Waals surface area contributed by atoms with Gasteiger partial charge in [0.1, 0.15) is 6.54 Å². The molecule has 0 bridgehead atoms. The van der Waals surface area contributed by atoms with Gasteiger partial charge in [-0.3, -0.25) is 4.79 Å². The normalized spacial score (nSPS) is 15.7. The quantitative estimate of drug-likeness (QED) is 0.632. The van der Waals surface area contributed by atoms with E-state index in [1.54, 1.807) is 4.90 Å². The van der Waals surface area contributed by atoms with Crippen molar-refractivity contribution in [3.63, 3.8) is 0 Å². The van der Waals surface area contributed by atoms with E-state index in [1.165, 1.54) is 19.3 Å². The van der Waals surface area contributed by atoms with Gasteiger partial charge in [-0.15, -0.1) is 0 Å². The van der Waals surface area contributed by atoms with Gasteiger partial charge in [0.25, 0.3) is 0 Å². The molecule has 1 fully saturated rings. The van der Waals surface area contributed by atoms with Gasteiger partial charge in [0.15, 0.2) is 0 Å². The largest absolute Gasteiger partial charge is 0.353 e. The molecule has 0 saturated heterocycles. The van der Waals surface area contributed by atoms with Crippen molar-refractivity contribution < 1.29 is 9.59 Å². The van der Waals surface area contributed by atoms with Gasteiger partial charge in [0.2, 0.25) is 5.91 Å². The second-order valence-electron chi connectivity index (χ2n) is 8.45. The van der Waals surface area contributed by atoms with Crippen LogP contribution in [0, 0.1) is 0 Å². The van der Waals surface area contributed by atoms with Crippen LogP contribution in [0.4, 0.5) is 4.79 Å². The summed E-state index contributed by atoms with van der Waals surface area (Å²) < 4.78 is 2.05. The average Bonchev–Trinajstić information content (AvgIpc) is 3.13. The van der Waals surface area contributed by atoms with Gasteiger partial charge in [-0.25, -0.2) is 4.79 Å². The predicted molar refractivity (Wildman–Crippen MR) is 118 cm³/mol. The highest BCUT2D eigenvalue weighted by Gasteiger charge is 2.27. The molecule has 1 aromatic heterocycles. The Kier molecular flexibility index (Phi) is 9.55. The summed E-state index contributed by atoms with van der Waals surface area (Å²) in [6.07, 6.45) is 10.5. The summed E-state index contributed by atoms with van der Waals surface area (Å²) in [7, 11) is 2.00. The highest BCUT2D eigenvalue weighted by atomic mass is 16.2. The Balaban J connectivity index is 2.05. The van der Waals surface area contributed by atoms with Crippen molar-refractivity contribution >= 4 is 11.9 Å². The van der Waals surface area contributed by atoms with E-state index in [0.29, 0.717) is 6.54 Å². The lowest BCUT2D eigenvalue weighted by atomic mass is 9.96. The average molecular weight is 405 g/mol. The van der Waals surface area contributed by atoms with Gasteiger partial charge in [-0.05, 0) is 44.7 Å². The van der Waals surface area contributed by atoms with Crippen LogP contribution in [0.3, 0.4) is 0 Å². The van der Waals surface area contributed by atoms with E-state index in [9.17, 15) is 9.59 Å². The molecule has 6 heteroatoms. The highest BCUT2D eigenvalue weighted by Crippen LogP contribution is 2.18. The summed E-state index contributed by atoms with van der Waals surface area (Å²) in [5.74, 6) is 0.0266. The van der Waals surface area contributed by atoms with Crippen LogP contribution in [0.2, 0.25) is 0 Å². The van der Waals surface area contributed by atoms with Crippen LogP contribution in [0.5, 0.6) is 0 Å². The molecule has 1 heterocycles. The van der Waals surface area contributed by atoms with Crippen molar-refractivity contribution in [2.75, 3.05) is 13.1 Å². The zero-order chi connectivity index (χ0) is 21.2. The molecule has 1 atom stereocenters. The van der Waals surface area contributed by atoms with Crippen molar-refractivity contribution in [1.82, 2.24) is 19.7 Å². The number of nitrogens with one attached hydrogen (secondary N) is 1. The summed E-state index contributed by atoms with van der Waals surface area (Å²) in [4.78, 5) is 29.8. The molecule has 0 radical (unpaired) electrons. The zero-order valence-electron chi connectivity index (χ0n) is 18.8. The third-order valence-corrected chi connectivity index (χ3v) is 6.16. The number of amides is 3. The summed E-state index contributed by atoms with van der Waals surface area (Å²) in [6.45, 7) is 7.67. The van der Waals surface area contributed by atoms with Crippen LogP contribution in [0.15, 0.2) is 18.3 Å². The molecule has 0 spiro atoms. The van der Waals surface area contributed by atoms with Crippen molar-refractivity contribution in [1.29, 1.82) is 0 Å². The molecule has 164 valence electrons. The third kappa shape index (κ3) is 7.09. The monoisotopic (exact) mass is 404 g/mol. The number of hydrogen-bond acceptors (Lipinski definition) is 2. The van der Waals surface area contributed by atoms with Gasteiger partial charge in [-0.2, -0.15) is 0 Å². The van der Waals surface area contributed by atoms with E-state index in [4.69, 9.17) is 0 Å². The lowest BCUT2D eigenvalue weighted by molar-refractivity contribution is -0.133. The van der Waals surface area contributed by atoms with E-state index >= 15 is 0 Å². The summed E-state index contributed by atoms with van der Waals surface area (Å²) >= 11 is 0. The summed E-state index contributed by atoms with van der Waals surface area (Å²) in [5.41, 5.74) is 1.11. The number of hydrogen-bond donors (Lipinski definition) is 1. The van der Waals surface area contributed by atoms with Crippen LogP contribution in [-0.2, 0) is 18.4 Å². The van der Waals surface area contributed by atoms with Crippen molar-refractivity contribution in [3.05, 3.63) is 24.0 Å². The van der Waals surface area contributed by atoms with Crippen molar-refractivity contribution in [2.45, 2.75) is 90.8 Å². The first-order valence-corrected chi connectivity index (χ1v) is 11.4. The Morgan fingerprint density at radius 2 is 1.97 bits per heavy atom. The van der Waals surface area contributed by atoms with Gasteiger partial charge in [0, 0.05) is 37.6 Å². The molecule has 0 aromatic carbocycles. The minimum absolute atomic E-state index is 0.0266. The minimum Gasteiger partial charge on any atom is -0.353 e. The minimum atomic E-state index is -0.0890. The van der Waals surface area contributed by atoms with Gasteiger partial charge < -0.3 is 19.7 Å². The zero-order valence-corrected chi connectivity index (χ0v) is 18.8. The standard InChI is InChI=1S/C23H40N4O2/c1-5-7-16-26(17-21-14-11-15-25(21)4)22(28)18-27(19(3)6-2)23(29)24-20-12-9-8-10-13-20/h11,14-15,19-20H,5-10,12-13,16-18H2,1-4H3,(H,24,29)/t19-/m1/s1. The molecule has 0 unspecified atom stereocenters. The molecule has 29 heavy (non-hydrogen) atoms.